The Bertz CT molecular complexity index is 693. The molecule has 1 amide bonds. The molecule has 0 aliphatic carbocycles. The number of halogens is 1. The summed E-state index contributed by atoms with van der Waals surface area (Å²) in [5.41, 5.74) is 1.90. The van der Waals surface area contributed by atoms with E-state index < -0.39 is 0 Å². The lowest BCUT2D eigenvalue weighted by Crippen LogP contribution is -2.27. The molecule has 6 heteroatoms. The van der Waals surface area contributed by atoms with Gasteiger partial charge in [-0.2, -0.15) is 5.10 Å². The quantitative estimate of drug-likeness (QED) is 0.915. The van der Waals surface area contributed by atoms with Crippen molar-refractivity contribution in [3.63, 3.8) is 0 Å². The van der Waals surface area contributed by atoms with Gasteiger partial charge in [-0.15, -0.1) is 0 Å². The molecule has 2 heterocycles. The van der Waals surface area contributed by atoms with Gasteiger partial charge < -0.3 is 10.1 Å². The molecule has 0 spiro atoms. The van der Waals surface area contributed by atoms with Crippen molar-refractivity contribution in [3.8, 4) is 11.3 Å². The molecule has 1 fully saturated rings. The lowest BCUT2D eigenvalue weighted by Gasteiger charge is -2.10. The lowest BCUT2D eigenvalue weighted by atomic mass is 10.1. The Hall–Kier alpha value is -1.85. The second-order valence-corrected chi connectivity index (χ2v) is 6.13. The zero-order valence-electron chi connectivity index (χ0n) is 13.1. The maximum Gasteiger partial charge on any atom is 0.255 e. The van der Waals surface area contributed by atoms with Crippen molar-refractivity contribution < 1.29 is 9.53 Å². The van der Waals surface area contributed by atoms with Crippen LogP contribution in [-0.4, -0.2) is 34.9 Å². The van der Waals surface area contributed by atoms with E-state index in [1.807, 2.05) is 18.2 Å². The third-order valence-electron chi connectivity index (χ3n) is 3.98. The first-order valence-electron chi connectivity index (χ1n) is 7.83. The number of nitrogens with one attached hydrogen (secondary N) is 1. The van der Waals surface area contributed by atoms with Crippen molar-refractivity contribution in [1.82, 2.24) is 15.1 Å². The van der Waals surface area contributed by atoms with Gasteiger partial charge in [-0.1, -0.05) is 29.8 Å². The molecular formula is C17H20ClN3O2. The predicted molar refractivity (Wildman–Crippen MR) is 89.6 cm³/mol. The smallest absolute Gasteiger partial charge is 0.255 e. The van der Waals surface area contributed by atoms with E-state index in [0.717, 1.165) is 31.4 Å². The van der Waals surface area contributed by atoms with Crippen LogP contribution in [0, 0.1) is 0 Å². The van der Waals surface area contributed by atoms with Gasteiger partial charge in [-0.25, -0.2) is 0 Å². The van der Waals surface area contributed by atoms with Crippen molar-refractivity contribution in [2.24, 2.45) is 7.05 Å². The third kappa shape index (κ3) is 3.74. The number of ether oxygens (including phenoxy) is 1. The molecule has 122 valence electrons. The van der Waals surface area contributed by atoms with Gasteiger partial charge in [0.05, 0.1) is 16.7 Å². The number of amides is 1. The molecule has 0 unspecified atom stereocenters. The van der Waals surface area contributed by atoms with E-state index >= 15 is 0 Å². The topological polar surface area (TPSA) is 56.2 Å². The highest BCUT2D eigenvalue weighted by Gasteiger charge is 2.20. The number of rotatable bonds is 5. The van der Waals surface area contributed by atoms with Crippen molar-refractivity contribution in [3.05, 3.63) is 41.0 Å². The summed E-state index contributed by atoms with van der Waals surface area (Å²) in [5, 5.41) is 7.93. The van der Waals surface area contributed by atoms with Crippen LogP contribution in [0.3, 0.4) is 0 Å². The Morgan fingerprint density at radius 1 is 1.48 bits per heavy atom. The highest BCUT2D eigenvalue weighted by molar-refractivity contribution is 6.33. The number of nitrogens with zero attached hydrogens (tertiary/aromatic N) is 2. The van der Waals surface area contributed by atoms with Gasteiger partial charge in [0.2, 0.25) is 0 Å². The summed E-state index contributed by atoms with van der Waals surface area (Å²) in [5.74, 6) is -0.133. The van der Waals surface area contributed by atoms with Gasteiger partial charge >= 0.3 is 0 Å². The molecule has 0 bridgehead atoms. The minimum atomic E-state index is -0.133. The summed E-state index contributed by atoms with van der Waals surface area (Å²) in [6.45, 7) is 1.43. The standard InChI is InChI=1S/C17H20ClN3O2/c1-21-11-14(16(20-21)13-6-2-3-7-15(13)18)17(22)19-9-8-12-5-4-10-23-12/h2-3,6-7,11-12H,4-5,8-10H2,1H3,(H,19,22)/t12-/m1/s1. The Balaban J connectivity index is 1.72. The molecule has 1 saturated heterocycles. The van der Waals surface area contributed by atoms with E-state index in [1.54, 1.807) is 24.0 Å². The van der Waals surface area contributed by atoms with E-state index in [2.05, 4.69) is 10.4 Å². The number of aryl methyl sites for hydroxylation is 1. The Labute approximate surface area is 140 Å². The Morgan fingerprint density at radius 3 is 3.04 bits per heavy atom. The van der Waals surface area contributed by atoms with Gasteiger partial charge in [-0.3, -0.25) is 9.48 Å². The van der Waals surface area contributed by atoms with E-state index in [0.29, 0.717) is 22.8 Å². The van der Waals surface area contributed by atoms with Gasteiger partial charge in [0.25, 0.3) is 5.91 Å². The molecule has 23 heavy (non-hydrogen) atoms. The van der Waals surface area contributed by atoms with Crippen LogP contribution in [0.2, 0.25) is 5.02 Å². The Morgan fingerprint density at radius 2 is 2.30 bits per heavy atom. The van der Waals surface area contributed by atoms with Gasteiger partial charge in [-0.05, 0) is 25.3 Å². The van der Waals surface area contributed by atoms with E-state index in [4.69, 9.17) is 16.3 Å². The van der Waals surface area contributed by atoms with Crippen molar-refractivity contribution in [1.29, 1.82) is 0 Å². The van der Waals surface area contributed by atoms with Crippen LogP contribution in [0.25, 0.3) is 11.3 Å². The van der Waals surface area contributed by atoms with E-state index in [1.165, 1.54) is 0 Å². The van der Waals surface area contributed by atoms with Crippen LogP contribution < -0.4 is 5.32 Å². The molecule has 3 rings (SSSR count). The number of carbonyl (C=O) groups is 1. The van der Waals surface area contributed by atoms with Crippen LogP contribution in [-0.2, 0) is 11.8 Å². The molecule has 1 aliphatic heterocycles. The normalized spacial score (nSPS) is 17.4. The van der Waals surface area contributed by atoms with Crippen molar-refractivity contribution in [2.75, 3.05) is 13.2 Å². The van der Waals surface area contributed by atoms with E-state index in [9.17, 15) is 4.79 Å². The summed E-state index contributed by atoms with van der Waals surface area (Å²) in [6.07, 6.45) is 5.02. The van der Waals surface area contributed by atoms with Crippen molar-refractivity contribution >= 4 is 17.5 Å². The van der Waals surface area contributed by atoms with Gasteiger partial charge in [0.1, 0.15) is 5.69 Å². The molecule has 0 saturated carbocycles. The summed E-state index contributed by atoms with van der Waals surface area (Å²) >= 11 is 6.24. The number of hydrogen-bond donors (Lipinski definition) is 1. The zero-order chi connectivity index (χ0) is 16.2. The monoisotopic (exact) mass is 333 g/mol. The second kappa shape index (κ2) is 7.15. The SMILES string of the molecule is Cn1cc(C(=O)NCC[C@H]2CCCO2)c(-c2ccccc2Cl)n1. The second-order valence-electron chi connectivity index (χ2n) is 5.72. The molecule has 1 aliphatic rings. The molecule has 1 aromatic heterocycles. The predicted octanol–water partition coefficient (Wildman–Crippen LogP) is 3.04. The fourth-order valence-corrected chi connectivity index (χ4v) is 3.05. The first kappa shape index (κ1) is 16.0. The largest absolute Gasteiger partial charge is 0.378 e. The molecule has 5 nitrogen and oxygen atoms in total. The van der Waals surface area contributed by atoms with Crippen LogP contribution in [0.4, 0.5) is 0 Å². The third-order valence-corrected chi connectivity index (χ3v) is 4.31. The number of carbonyl (C=O) groups excluding carboxylic acids is 1. The highest BCUT2D eigenvalue weighted by atomic mass is 35.5. The average Bonchev–Trinajstić information content (AvgIpc) is 3.17. The zero-order valence-corrected chi connectivity index (χ0v) is 13.8. The maximum atomic E-state index is 12.5. The number of hydrogen-bond acceptors (Lipinski definition) is 3. The maximum absolute atomic E-state index is 12.5. The summed E-state index contributed by atoms with van der Waals surface area (Å²) in [7, 11) is 1.80. The molecular weight excluding hydrogens is 314 g/mol. The average molecular weight is 334 g/mol. The Kier molecular flexibility index (Phi) is 4.98. The fraction of sp³-hybridized carbons (Fsp3) is 0.412. The van der Waals surface area contributed by atoms with Crippen LogP contribution in [0.15, 0.2) is 30.5 Å². The number of benzene rings is 1. The number of aromatic nitrogens is 2. The van der Waals surface area contributed by atoms with Crippen LogP contribution in [0.1, 0.15) is 29.6 Å². The van der Waals surface area contributed by atoms with Crippen LogP contribution >= 0.6 is 11.6 Å². The minimum Gasteiger partial charge on any atom is -0.378 e. The molecule has 0 radical (unpaired) electrons. The fourth-order valence-electron chi connectivity index (χ4n) is 2.82. The summed E-state index contributed by atoms with van der Waals surface area (Å²) < 4.78 is 7.20. The van der Waals surface area contributed by atoms with E-state index in [-0.39, 0.29) is 12.0 Å². The molecule has 1 N–H and O–H groups in total. The van der Waals surface area contributed by atoms with Crippen LogP contribution in [0.5, 0.6) is 0 Å². The first-order valence-corrected chi connectivity index (χ1v) is 8.21. The summed E-state index contributed by atoms with van der Waals surface area (Å²) in [4.78, 5) is 12.5. The minimum absolute atomic E-state index is 0.133. The highest BCUT2D eigenvalue weighted by Crippen LogP contribution is 2.28. The van der Waals surface area contributed by atoms with Gasteiger partial charge in [0, 0.05) is 32.0 Å². The van der Waals surface area contributed by atoms with Gasteiger partial charge in [0.15, 0.2) is 0 Å². The summed E-state index contributed by atoms with van der Waals surface area (Å²) in [6, 6.07) is 7.41. The lowest BCUT2D eigenvalue weighted by molar-refractivity contribution is 0.0907. The molecule has 2 aromatic rings. The van der Waals surface area contributed by atoms with Crippen molar-refractivity contribution in [2.45, 2.75) is 25.4 Å². The molecule has 1 atom stereocenters. The molecule has 1 aromatic carbocycles. The first-order chi connectivity index (χ1) is 11.1.